The first-order valence-corrected chi connectivity index (χ1v) is 6.44. The monoisotopic (exact) mass is 239 g/mol. The lowest BCUT2D eigenvalue weighted by Gasteiger charge is -2.17. The molecule has 5 nitrogen and oxygen atoms in total. The molecule has 0 fully saturated rings. The van der Waals surface area contributed by atoms with Crippen molar-refractivity contribution in [1.29, 1.82) is 0 Å². The van der Waals surface area contributed by atoms with Crippen LogP contribution in [-0.2, 0) is 16.6 Å². The Morgan fingerprint density at radius 1 is 1.44 bits per heavy atom. The summed E-state index contributed by atoms with van der Waals surface area (Å²) >= 11 is 0. The Morgan fingerprint density at radius 2 is 2.19 bits per heavy atom. The molecule has 0 amide bonds. The molecule has 1 aromatic rings. The van der Waals surface area contributed by atoms with Crippen molar-refractivity contribution in [2.45, 2.75) is 24.8 Å². The lowest BCUT2D eigenvalue weighted by molar-refractivity contribution is 0.597. The normalized spacial score (nSPS) is 17.2. The van der Waals surface area contributed by atoms with E-state index in [1.165, 1.54) is 0 Å². The second kappa shape index (κ2) is 3.88. The van der Waals surface area contributed by atoms with Gasteiger partial charge in [0, 0.05) is 13.0 Å². The zero-order chi connectivity index (χ0) is 11.8. The van der Waals surface area contributed by atoms with Crippen LogP contribution in [0.15, 0.2) is 27.5 Å². The molecule has 0 unspecified atom stereocenters. The summed E-state index contributed by atoms with van der Waals surface area (Å²) in [5, 5.41) is 2.98. The molecule has 86 valence electrons. The van der Waals surface area contributed by atoms with Gasteiger partial charge < -0.3 is 11.1 Å². The van der Waals surface area contributed by atoms with Gasteiger partial charge in [0.2, 0.25) is 0 Å². The van der Waals surface area contributed by atoms with Crippen molar-refractivity contribution < 1.29 is 8.42 Å². The number of sulfonamides is 1. The number of nitrogens with two attached hydrogens (primary N) is 1. The molecule has 0 aliphatic carbocycles. The minimum Gasteiger partial charge on any atom is -0.342 e. The Balaban J connectivity index is 2.59. The fourth-order valence-electron chi connectivity index (χ4n) is 1.54. The Morgan fingerprint density at radius 3 is 2.81 bits per heavy atom. The van der Waals surface area contributed by atoms with Crippen LogP contribution in [0.5, 0.6) is 0 Å². The molecule has 3 N–H and O–H groups in total. The molecule has 0 saturated carbocycles. The number of amidine groups is 1. The highest BCUT2D eigenvalue weighted by atomic mass is 32.2. The largest absolute Gasteiger partial charge is 0.342 e. The van der Waals surface area contributed by atoms with Crippen molar-refractivity contribution in [3.8, 4) is 0 Å². The van der Waals surface area contributed by atoms with Crippen LogP contribution < -0.4 is 11.1 Å². The van der Waals surface area contributed by atoms with Crippen molar-refractivity contribution >= 4 is 21.5 Å². The van der Waals surface area contributed by atoms with Crippen molar-refractivity contribution in [2.24, 2.45) is 10.1 Å². The summed E-state index contributed by atoms with van der Waals surface area (Å²) in [5.74, 6) is 0.466. The third-order valence-electron chi connectivity index (χ3n) is 2.40. The first-order valence-electron chi connectivity index (χ1n) is 5.00. The maximum atomic E-state index is 11.8. The van der Waals surface area contributed by atoms with Gasteiger partial charge in [0.15, 0.2) is 0 Å². The highest BCUT2D eigenvalue weighted by Crippen LogP contribution is 2.28. The first kappa shape index (κ1) is 11.1. The van der Waals surface area contributed by atoms with Crippen LogP contribution in [0, 0.1) is 0 Å². The zero-order valence-electron chi connectivity index (χ0n) is 8.90. The maximum absolute atomic E-state index is 11.8. The van der Waals surface area contributed by atoms with Gasteiger partial charge in [-0.2, -0.15) is 8.42 Å². The number of benzene rings is 1. The van der Waals surface area contributed by atoms with Crippen molar-refractivity contribution in [3.63, 3.8) is 0 Å². The molecule has 6 heteroatoms. The lowest BCUT2D eigenvalue weighted by atomic mass is 10.2. The average molecular weight is 239 g/mol. The number of hydrogen-bond acceptors (Lipinski definition) is 4. The molecule has 1 heterocycles. The van der Waals surface area contributed by atoms with E-state index in [1.54, 1.807) is 18.2 Å². The zero-order valence-corrected chi connectivity index (χ0v) is 9.71. The summed E-state index contributed by atoms with van der Waals surface area (Å²) in [6, 6.07) is 5.09. The summed E-state index contributed by atoms with van der Waals surface area (Å²) in [6.07, 6.45) is 0.553. The highest BCUT2D eigenvalue weighted by Gasteiger charge is 2.24. The smallest absolute Gasteiger partial charge is 0.286 e. The van der Waals surface area contributed by atoms with E-state index in [4.69, 9.17) is 5.73 Å². The molecule has 0 atom stereocenters. The van der Waals surface area contributed by atoms with Gasteiger partial charge in [-0.25, -0.2) is 0 Å². The van der Waals surface area contributed by atoms with E-state index < -0.39 is 10.0 Å². The van der Waals surface area contributed by atoms with Crippen LogP contribution in [0.2, 0.25) is 0 Å². The van der Waals surface area contributed by atoms with E-state index >= 15 is 0 Å². The molecule has 0 aromatic heterocycles. The van der Waals surface area contributed by atoms with Gasteiger partial charge in [-0.1, -0.05) is 13.0 Å². The third-order valence-corrected chi connectivity index (χ3v) is 3.76. The Hall–Kier alpha value is -1.40. The minimum absolute atomic E-state index is 0.202. The maximum Gasteiger partial charge on any atom is 0.286 e. The Kier molecular flexibility index (Phi) is 2.69. The third kappa shape index (κ3) is 1.81. The summed E-state index contributed by atoms with van der Waals surface area (Å²) in [4.78, 5) is 0.202. The summed E-state index contributed by atoms with van der Waals surface area (Å²) in [5.41, 5.74) is 6.82. The van der Waals surface area contributed by atoms with Gasteiger partial charge in [-0.3, -0.25) is 0 Å². The topological polar surface area (TPSA) is 84.5 Å². The Labute approximate surface area is 94.4 Å². The predicted octanol–water partition coefficient (Wildman–Crippen LogP) is 1.07. The molecule has 16 heavy (non-hydrogen) atoms. The standard InChI is InChI=1S/C10H13N3O2S/c1-2-10-12-8-4-3-7(6-11)5-9(8)16(14,15)13-10/h3-5H,2,6,11H2,1H3,(H,12,13). The summed E-state index contributed by atoms with van der Waals surface area (Å²) in [6.45, 7) is 2.16. The molecule has 1 aliphatic heterocycles. The number of nitrogens with zero attached hydrogens (tertiary/aromatic N) is 1. The molecular weight excluding hydrogens is 226 g/mol. The van der Waals surface area contributed by atoms with E-state index in [-0.39, 0.29) is 4.90 Å². The molecule has 1 aliphatic rings. The fourth-order valence-corrected chi connectivity index (χ4v) is 2.80. The number of nitrogens with one attached hydrogen (secondary N) is 1. The highest BCUT2D eigenvalue weighted by molar-refractivity contribution is 7.90. The number of hydrogen-bond donors (Lipinski definition) is 2. The van der Waals surface area contributed by atoms with Crippen LogP contribution in [0.3, 0.4) is 0 Å². The van der Waals surface area contributed by atoms with Crippen molar-refractivity contribution in [3.05, 3.63) is 23.8 Å². The summed E-state index contributed by atoms with van der Waals surface area (Å²) in [7, 11) is -3.57. The minimum atomic E-state index is -3.57. The SMILES string of the molecule is CCC1=NS(=O)(=O)c2cc(CN)ccc2N1. The van der Waals surface area contributed by atoms with E-state index in [0.29, 0.717) is 24.5 Å². The summed E-state index contributed by atoms with van der Waals surface area (Å²) < 4.78 is 27.4. The molecule has 1 aromatic carbocycles. The van der Waals surface area contributed by atoms with Gasteiger partial charge >= 0.3 is 0 Å². The molecule has 2 rings (SSSR count). The van der Waals surface area contributed by atoms with Crippen LogP contribution >= 0.6 is 0 Å². The van der Waals surface area contributed by atoms with Gasteiger partial charge in [0.25, 0.3) is 10.0 Å². The van der Waals surface area contributed by atoms with Crippen LogP contribution in [-0.4, -0.2) is 14.3 Å². The molecule has 0 bridgehead atoms. The van der Waals surface area contributed by atoms with Crippen molar-refractivity contribution in [2.75, 3.05) is 5.32 Å². The second-order valence-corrected chi connectivity index (χ2v) is 5.10. The van der Waals surface area contributed by atoms with E-state index in [1.807, 2.05) is 6.92 Å². The second-order valence-electron chi connectivity index (χ2n) is 3.53. The van der Waals surface area contributed by atoms with E-state index in [2.05, 4.69) is 9.71 Å². The molecular formula is C10H13N3O2S. The van der Waals surface area contributed by atoms with E-state index in [0.717, 1.165) is 5.56 Å². The van der Waals surface area contributed by atoms with E-state index in [9.17, 15) is 8.42 Å². The van der Waals surface area contributed by atoms with Gasteiger partial charge in [-0.15, -0.1) is 4.40 Å². The molecule has 0 radical (unpaired) electrons. The van der Waals surface area contributed by atoms with Gasteiger partial charge in [-0.05, 0) is 17.7 Å². The fraction of sp³-hybridized carbons (Fsp3) is 0.300. The molecule has 0 saturated heterocycles. The van der Waals surface area contributed by atoms with Crippen LogP contribution in [0.1, 0.15) is 18.9 Å². The number of rotatable bonds is 2. The average Bonchev–Trinajstić information content (AvgIpc) is 2.27. The van der Waals surface area contributed by atoms with Crippen LogP contribution in [0.25, 0.3) is 0 Å². The first-order chi connectivity index (χ1) is 7.56. The Bertz CT molecular complexity index is 549. The number of anilines is 1. The molecule has 0 spiro atoms. The van der Waals surface area contributed by atoms with Gasteiger partial charge in [0.05, 0.1) is 5.69 Å². The lowest BCUT2D eigenvalue weighted by Crippen LogP contribution is -2.20. The number of fused-ring (bicyclic) bond motifs is 1. The quantitative estimate of drug-likeness (QED) is 0.808. The predicted molar refractivity (Wildman–Crippen MR) is 62.9 cm³/mol. The van der Waals surface area contributed by atoms with Gasteiger partial charge in [0.1, 0.15) is 10.7 Å². The van der Waals surface area contributed by atoms with Crippen LogP contribution in [0.4, 0.5) is 5.69 Å². The van der Waals surface area contributed by atoms with Crippen molar-refractivity contribution in [1.82, 2.24) is 0 Å².